The number of hydrogen-bond donors (Lipinski definition) is 2. The number of carbonyl (C=O) groups is 2. The van der Waals surface area contributed by atoms with Crippen molar-refractivity contribution < 1.29 is 9.59 Å². The van der Waals surface area contributed by atoms with Crippen LogP contribution in [0.3, 0.4) is 0 Å². The number of nitrogens with one attached hydrogen (secondary N) is 1. The van der Waals surface area contributed by atoms with Crippen molar-refractivity contribution in [3.8, 4) is 0 Å². The van der Waals surface area contributed by atoms with E-state index in [2.05, 4.69) is 27.1 Å². The minimum absolute atomic E-state index is 0.183. The zero-order valence-electron chi connectivity index (χ0n) is 19.5. The number of rotatable bonds is 7. The molecule has 1 aliphatic heterocycles. The molecule has 0 aromatic carbocycles. The molecule has 33 heavy (non-hydrogen) atoms. The number of aryl methyl sites for hydroxylation is 1. The van der Waals surface area contributed by atoms with Crippen molar-refractivity contribution in [2.75, 3.05) is 18.4 Å². The lowest BCUT2D eigenvalue weighted by Gasteiger charge is -2.33. The van der Waals surface area contributed by atoms with Gasteiger partial charge in [0, 0.05) is 36.9 Å². The summed E-state index contributed by atoms with van der Waals surface area (Å²) in [5.41, 5.74) is 6.78. The van der Waals surface area contributed by atoms with Crippen molar-refractivity contribution in [1.82, 2.24) is 14.9 Å². The first kappa shape index (κ1) is 22.6. The maximum atomic E-state index is 12.6. The molecule has 2 fully saturated rings. The number of primary amides is 1. The molecule has 178 valence electrons. The van der Waals surface area contributed by atoms with Gasteiger partial charge in [-0.3, -0.25) is 9.59 Å². The number of thiophene rings is 1. The van der Waals surface area contributed by atoms with Gasteiger partial charge in [0.15, 0.2) is 0 Å². The second-order valence-electron chi connectivity index (χ2n) is 10.3. The molecule has 3 heterocycles. The Morgan fingerprint density at radius 3 is 2.67 bits per heavy atom. The van der Waals surface area contributed by atoms with Crippen LogP contribution in [-0.2, 0) is 16.0 Å². The number of carbonyl (C=O) groups excluding carboxylic acids is 2. The second-order valence-corrected chi connectivity index (χ2v) is 11.4. The number of nitrogens with two attached hydrogens (primary N) is 1. The highest BCUT2D eigenvalue weighted by molar-refractivity contribution is 7.19. The average Bonchev–Trinajstić information content (AvgIpc) is 3.52. The fraction of sp³-hybridized carbons (Fsp3) is 0.680. The van der Waals surface area contributed by atoms with E-state index in [1.807, 2.05) is 0 Å². The number of fused-ring (bicyclic) bond motifs is 3. The Labute approximate surface area is 199 Å². The number of amides is 2. The van der Waals surface area contributed by atoms with E-state index in [0.717, 1.165) is 80.5 Å². The normalized spacial score (nSPS) is 25.8. The average molecular weight is 470 g/mol. The fourth-order valence-corrected chi connectivity index (χ4v) is 7.43. The molecular weight excluding hydrogens is 434 g/mol. The summed E-state index contributed by atoms with van der Waals surface area (Å²) in [5, 5.41) is 4.83. The van der Waals surface area contributed by atoms with Crippen LogP contribution in [0.2, 0.25) is 0 Å². The molecule has 7 nitrogen and oxygen atoms in total. The predicted octanol–water partition coefficient (Wildman–Crippen LogP) is 4.22. The molecule has 8 heteroatoms. The summed E-state index contributed by atoms with van der Waals surface area (Å²) in [6.45, 7) is 4.15. The van der Waals surface area contributed by atoms with Gasteiger partial charge in [-0.1, -0.05) is 6.92 Å². The minimum atomic E-state index is -0.241. The molecule has 0 spiro atoms. The minimum Gasteiger partial charge on any atom is -0.370 e. The maximum absolute atomic E-state index is 12.6. The van der Waals surface area contributed by atoms with E-state index in [1.165, 1.54) is 10.4 Å². The van der Waals surface area contributed by atoms with Crippen molar-refractivity contribution in [2.24, 2.45) is 17.6 Å². The van der Waals surface area contributed by atoms with Crippen LogP contribution in [0.1, 0.15) is 81.1 Å². The zero-order valence-corrected chi connectivity index (χ0v) is 20.3. The Hall–Kier alpha value is -2.22. The van der Waals surface area contributed by atoms with Crippen molar-refractivity contribution in [2.45, 2.75) is 83.1 Å². The maximum Gasteiger partial charge on any atom is 0.222 e. The first-order valence-corrected chi connectivity index (χ1v) is 13.4. The van der Waals surface area contributed by atoms with Crippen LogP contribution in [0, 0.1) is 11.8 Å². The molecule has 2 aliphatic carbocycles. The summed E-state index contributed by atoms with van der Waals surface area (Å²) in [4.78, 5) is 37.7. The van der Waals surface area contributed by atoms with Crippen molar-refractivity contribution in [1.29, 1.82) is 0 Å². The highest BCUT2D eigenvalue weighted by Gasteiger charge is 2.32. The first-order chi connectivity index (χ1) is 16.0. The summed E-state index contributed by atoms with van der Waals surface area (Å²) in [5.74, 6) is 2.26. The van der Waals surface area contributed by atoms with Crippen LogP contribution < -0.4 is 11.1 Å². The van der Waals surface area contributed by atoms with Crippen LogP contribution in [-0.4, -0.2) is 45.8 Å². The van der Waals surface area contributed by atoms with Crippen LogP contribution in [0.15, 0.2) is 6.33 Å². The van der Waals surface area contributed by atoms with Gasteiger partial charge < -0.3 is 16.0 Å². The smallest absolute Gasteiger partial charge is 0.222 e. The third-order valence-electron chi connectivity index (χ3n) is 8.05. The van der Waals surface area contributed by atoms with E-state index in [9.17, 15) is 9.59 Å². The third kappa shape index (κ3) is 4.72. The van der Waals surface area contributed by atoms with Gasteiger partial charge in [-0.15, -0.1) is 11.3 Å². The molecule has 5 rings (SSSR count). The van der Waals surface area contributed by atoms with Crippen LogP contribution in [0.4, 0.5) is 5.82 Å². The zero-order chi connectivity index (χ0) is 22.9. The number of nitrogens with zero attached hydrogens (tertiary/aromatic N) is 3. The van der Waals surface area contributed by atoms with Crippen LogP contribution in [0.5, 0.6) is 0 Å². The van der Waals surface area contributed by atoms with Crippen molar-refractivity contribution in [3.63, 3.8) is 0 Å². The largest absolute Gasteiger partial charge is 0.370 e. The Morgan fingerprint density at radius 2 is 1.94 bits per heavy atom. The molecule has 0 bridgehead atoms. The Bertz CT molecular complexity index is 1020. The molecule has 3 aliphatic rings. The molecule has 2 amide bonds. The summed E-state index contributed by atoms with van der Waals surface area (Å²) in [6.07, 6.45) is 11.5. The van der Waals surface area contributed by atoms with Gasteiger partial charge in [-0.2, -0.15) is 0 Å². The predicted molar refractivity (Wildman–Crippen MR) is 131 cm³/mol. The first-order valence-electron chi connectivity index (χ1n) is 12.6. The van der Waals surface area contributed by atoms with Gasteiger partial charge in [-0.05, 0) is 74.7 Å². The summed E-state index contributed by atoms with van der Waals surface area (Å²) >= 11 is 1.73. The van der Waals surface area contributed by atoms with Crippen molar-refractivity contribution in [3.05, 3.63) is 16.8 Å². The molecule has 3 N–H and O–H groups in total. The van der Waals surface area contributed by atoms with Gasteiger partial charge in [-0.25, -0.2) is 9.97 Å². The van der Waals surface area contributed by atoms with Gasteiger partial charge in [0.25, 0.3) is 0 Å². The number of likely N-dealkylation sites (tertiary alicyclic amines) is 1. The lowest BCUT2D eigenvalue weighted by molar-refractivity contribution is -0.131. The van der Waals surface area contributed by atoms with Gasteiger partial charge in [0.05, 0.1) is 5.39 Å². The summed E-state index contributed by atoms with van der Waals surface area (Å²) < 4.78 is 0. The third-order valence-corrected chi connectivity index (χ3v) is 9.22. The van der Waals surface area contributed by atoms with E-state index < -0.39 is 0 Å². The van der Waals surface area contributed by atoms with E-state index in [1.54, 1.807) is 17.7 Å². The van der Waals surface area contributed by atoms with Gasteiger partial charge in [0.1, 0.15) is 17.0 Å². The van der Waals surface area contributed by atoms with E-state index >= 15 is 0 Å². The lowest BCUT2D eigenvalue weighted by Crippen LogP contribution is -2.33. The molecule has 2 unspecified atom stereocenters. The van der Waals surface area contributed by atoms with E-state index in [0.29, 0.717) is 36.6 Å². The summed E-state index contributed by atoms with van der Waals surface area (Å²) in [7, 11) is 0. The SMILES string of the molecule is CC(CC(=O)N1CCCC1)C1CCC(Nc2ncnc3sc4c(c23)C(CC(N)=O)CC4)CC1. The Balaban J connectivity index is 1.23. The van der Waals surface area contributed by atoms with Gasteiger partial charge in [0.2, 0.25) is 11.8 Å². The van der Waals surface area contributed by atoms with E-state index in [4.69, 9.17) is 5.73 Å². The highest BCUT2D eigenvalue weighted by atomic mass is 32.1. The van der Waals surface area contributed by atoms with Crippen LogP contribution in [0.25, 0.3) is 10.2 Å². The Kier molecular flexibility index (Phi) is 6.54. The molecule has 2 atom stereocenters. The topological polar surface area (TPSA) is 101 Å². The molecular formula is C25H35N5O2S. The highest BCUT2D eigenvalue weighted by Crippen LogP contribution is 2.47. The Morgan fingerprint density at radius 1 is 1.18 bits per heavy atom. The lowest BCUT2D eigenvalue weighted by atomic mass is 9.77. The number of hydrogen-bond acceptors (Lipinski definition) is 6. The standard InChI is InChI=1S/C25H35N5O2S/c1-15(12-21(32)30-10-2-3-11-30)16-4-7-18(8-5-16)29-24-23-22-17(13-20(26)31)6-9-19(22)33-25(23)28-14-27-24/h14-18H,2-13H2,1H3,(H2,26,31)(H,27,28,29). The van der Waals surface area contributed by atoms with E-state index in [-0.39, 0.29) is 11.8 Å². The fourth-order valence-electron chi connectivity index (χ4n) is 6.19. The molecule has 1 saturated heterocycles. The van der Waals surface area contributed by atoms with Crippen LogP contribution >= 0.6 is 11.3 Å². The van der Waals surface area contributed by atoms with Gasteiger partial charge >= 0.3 is 0 Å². The van der Waals surface area contributed by atoms with Crippen molar-refractivity contribution >= 4 is 39.2 Å². The number of anilines is 1. The summed E-state index contributed by atoms with van der Waals surface area (Å²) in [6, 6.07) is 0.382. The number of aromatic nitrogens is 2. The second kappa shape index (κ2) is 9.57. The quantitative estimate of drug-likeness (QED) is 0.632. The monoisotopic (exact) mass is 469 g/mol. The molecule has 2 aromatic rings. The molecule has 1 saturated carbocycles. The molecule has 0 radical (unpaired) electrons. The molecule has 2 aromatic heterocycles.